The lowest BCUT2D eigenvalue weighted by atomic mass is 10.3. The van der Waals surface area contributed by atoms with E-state index in [1.165, 1.54) is 0 Å². The van der Waals surface area contributed by atoms with Crippen molar-refractivity contribution in [3.8, 4) is 11.4 Å². The van der Waals surface area contributed by atoms with Crippen molar-refractivity contribution >= 4 is 22.6 Å². The summed E-state index contributed by atoms with van der Waals surface area (Å²) in [6.07, 6.45) is 6.18. The van der Waals surface area contributed by atoms with Crippen LogP contribution in [0.4, 0.5) is 0 Å². The Bertz CT molecular complexity index is 546. The molecule has 0 spiro atoms. The predicted molar refractivity (Wildman–Crippen MR) is 69.1 cm³/mol. The molecule has 16 heavy (non-hydrogen) atoms. The number of H-pyrrole nitrogens is 1. The van der Waals surface area contributed by atoms with E-state index in [1.807, 2.05) is 33.5 Å². The van der Waals surface area contributed by atoms with Gasteiger partial charge in [0.2, 0.25) is 0 Å². The van der Waals surface area contributed by atoms with E-state index in [2.05, 4.69) is 22.0 Å². The molecule has 0 aliphatic heterocycles. The van der Waals surface area contributed by atoms with Crippen LogP contribution in [0.1, 0.15) is 13.3 Å². The third kappa shape index (κ3) is 2.31. The standard InChI is InChI=1S/C10H11IN4O/c1-2-3-15-6-7(4-13-15)9-12-5-8(11)10(16)14-9/h4-6H,2-3H2,1H3,(H,12,14,16). The first kappa shape index (κ1) is 11.3. The number of aromatic amines is 1. The molecule has 0 aromatic carbocycles. The van der Waals surface area contributed by atoms with Crippen molar-refractivity contribution in [1.82, 2.24) is 19.7 Å². The molecule has 0 radical (unpaired) electrons. The zero-order valence-electron chi connectivity index (χ0n) is 8.77. The summed E-state index contributed by atoms with van der Waals surface area (Å²) in [5.74, 6) is 0.563. The quantitative estimate of drug-likeness (QED) is 0.871. The summed E-state index contributed by atoms with van der Waals surface area (Å²) in [7, 11) is 0. The topological polar surface area (TPSA) is 63.6 Å². The Kier molecular flexibility index (Phi) is 3.37. The Balaban J connectivity index is 2.35. The van der Waals surface area contributed by atoms with E-state index < -0.39 is 0 Å². The summed E-state index contributed by atoms with van der Waals surface area (Å²) in [5, 5.41) is 4.19. The van der Waals surface area contributed by atoms with Crippen LogP contribution in [0.2, 0.25) is 0 Å². The van der Waals surface area contributed by atoms with Crippen molar-refractivity contribution in [3.05, 3.63) is 32.5 Å². The van der Waals surface area contributed by atoms with Crippen molar-refractivity contribution in [3.63, 3.8) is 0 Å². The van der Waals surface area contributed by atoms with E-state index in [4.69, 9.17) is 0 Å². The zero-order chi connectivity index (χ0) is 11.5. The van der Waals surface area contributed by atoms with E-state index in [0.29, 0.717) is 9.39 Å². The molecule has 0 saturated carbocycles. The highest BCUT2D eigenvalue weighted by atomic mass is 127. The minimum Gasteiger partial charge on any atom is -0.306 e. The average Bonchev–Trinajstić information content (AvgIpc) is 2.71. The van der Waals surface area contributed by atoms with E-state index in [9.17, 15) is 4.79 Å². The summed E-state index contributed by atoms with van der Waals surface area (Å²) >= 11 is 1.95. The molecule has 2 aromatic rings. The summed E-state index contributed by atoms with van der Waals surface area (Å²) < 4.78 is 2.43. The fraction of sp³-hybridized carbons (Fsp3) is 0.300. The smallest absolute Gasteiger partial charge is 0.264 e. The third-order valence-electron chi connectivity index (χ3n) is 2.12. The van der Waals surface area contributed by atoms with E-state index >= 15 is 0 Å². The Morgan fingerprint density at radius 1 is 1.50 bits per heavy atom. The van der Waals surface area contributed by atoms with Crippen molar-refractivity contribution in [2.75, 3.05) is 0 Å². The molecule has 6 heteroatoms. The first-order valence-corrected chi connectivity index (χ1v) is 6.06. The molecular weight excluding hydrogens is 319 g/mol. The molecule has 5 nitrogen and oxygen atoms in total. The summed E-state index contributed by atoms with van der Waals surface area (Å²) in [4.78, 5) is 18.3. The number of hydrogen-bond donors (Lipinski definition) is 1. The van der Waals surface area contributed by atoms with E-state index in [1.54, 1.807) is 12.4 Å². The van der Waals surface area contributed by atoms with Gasteiger partial charge in [-0.1, -0.05) is 6.92 Å². The number of aromatic nitrogens is 4. The zero-order valence-corrected chi connectivity index (χ0v) is 10.9. The van der Waals surface area contributed by atoms with E-state index in [-0.39, 0.29) is 5.56 Å². The van der Waals surface area contributed by atoms with Crippen LogP contribution in [0, 0.1) is 3.57 Å². The molecule has 2 rings (SSSR count). The molecule has 0 aliphatic carbocycles. The summed E-state index contributed by atoms with van der Waals surface area (Å²) in [5.41, 5.74) is 0.718. The molecule has 84 valence electrons. The van der Waals surface area contributed by atoms with Gasteiger partial charge in [-0.2, -0.15) is 5.10 Å². The normalized spacial score (nSPS) is 10.6. The minimum atomic E-state index is -0.117. The molecular formula is C10H11IN4O. The second kappa shape index (κ2) is 4.77. The molecule has 2 heterocycles. The van der Waals surface area contributed by atoms with Gasteiger partial charge in [-0.3, -0.25) is 9.48 Å². The van der Waals surface area contributed by atoms with Crippen LogP contribution >= 0.6 is 22.6 Å². The van der Waals surface area contributed by atoms with Crippen LogP contribution in [0.15, 0.2) is 23.4 Å². The van der Waals surface area contributed by atoms with Crippen molar-refractivity contribution in [2.45, 2.75) is 19.9 Å². The summed E-state index contributed by atoms with van der Waals surface area (Å²) in [6.45, 7) is 2.96. The SMILES string of the molecule is CCCn1cc(-c2ncc(I)c(=O)[nH]2)cn1. The van der Waals surface area contributed by atoms with Crippen LogP contribution in [-0.4, -0.2) is 19.7 Å². The maximum atomic E-state index is 11.4. The van der Waals surface area contributed by atoms with Crippen molar-refractivity contribution in [1.29, 1.82) is 0 Å². The van der Waals surface area contributed by atoms with Gasteiger partial charge in [-0.15, -0.1) is 0 Å². The minimum absolute atomic E-state index is 0.117. The predicted octanol–water partition coefficient (Wildman–Crippen LogP) is 1.65. The van der Waals surface area contributed by atoms with Crippen molar-refractivity contribution < 1.29 is 0 Å². The Hall–Kier alpha value is -1.18. The molecule has 0 unspecified atom stereocenters. The summed E-state index contributed by atoms with van der Waals surface area (Å²) in [6, 6.07) is 0. The fourth-order valence-corrected chi connectivity index (χ4v) is 1.64. The molecule has 0 fully saturated rings. The Morgan fingerprint density at radius 2 is 2.31 bits per heavy atom. The lowest BCUT2D eigenvalue weighted by Crippen LogP contribution is -2.11. The molecule has 0 atom stereocenters. The van der Waals surface area contributed by atoms with Gasteiger partial charge < -0.3 is 4.98 Å². The van der Waals surface area contributed by atoms with Crippen LogP contribution < -0.4 is 5.56 Å². The van der Waals surface area contributed by atoms with Gasteiger partial charge in [-0.25, -0.2) is 4.98 Å². The fourth-order valence-electron chi connectivity index (χ4n) is 1.36. The number of rotatable bonds is 3. The highest BCUT2D eigenvalue weighted by molar-refractivity contribution is 14.1. The second-order valence-electron chi connectivity index (χ2n) is 3.40. The second-order valence-corrected chi connectivity index (χ2v) is 4.56. The van der Waals surface area contributed by atoms with Gasteiger partial charge in [0.05, 0.1) is 15.3 Å². The molecule has 0 amide bonds. The highest BCUT2D eigenvalue weighted by Gasteiger charge is 2.05. The first-order valence-electron chi connectivity index (χ1n) is 4.98. The van der Waals surface area contributed by atoms with Crippen LogP contribution in [0.25, 0.3) is 11.4 Å². The Labute approximate surface area is 106 Å². The molecule has 1 N–H and O–H groups in total. The maximum absolute atomic E-state index is 11.4. The number of hydrogen-bond acceptors (Lipinski definition) is 3. The lowest BCUT2D eigenvalue weighted by molar-refractivity contribution is 0.603. The molecule has 0 saturated heterocycles. The van der Waals surface area contributed by atoms with Gasteiger partial charge in [0.1, 0.15) is 5.82 Å². The van der Waals surface area contributed by atoms with Crippen molar-refractivity contribution in [2.24, 2.45) is 0 Å². The first-order chi connectivity index (χ1) is 7.70. The van der Waals surface area contributed by atoms with Crippen LogP contribution in [0.5, 0.6) is 0 Å². The lowest BCUT2D eigenvalue weighted by Gasteiger charge is -1.97. The number of aryl methyl sites for hydroxylation is 1. The third-order valence-corrected chi connectivity index (χ3v) is 2.88. The van der Waals surface area contributed by atoms with Gasteiger partial charge in [-0.05, 0) is 29.0 Å². The van der Waals surface area contributed by atoms with Crippen LogP contribution in [-0.2, 0) is 6.54 Å². The number of halogens is 1. The van der Waals surface area contributed by atoms with Gasteiger partial charge in [0, 0.05) is 18.9 Å². The molecule has 2 aromatic heterocycles. The van der Waals surface area contributed by atoms with Gasteiger partial charge >= 0.3 is 0 Å². The average molecular weight is 330 g/mol. The van der Waals surface area contributed by atoms with Gasteiger partial charge in [0.25, 0.3) is 5.56 Å². The number of nitrogens with zero attached hydrogens (tertiary/aromatic N) is 3. The van der Waals surface area contributed by atoms with Gasteiger partial charge in [0.15, 0.2) is 0 Å². The largest absolute Gasteiger partial charge is 0.306 e. The number of nitrogens with one attached hydrogen (secondary N) is 1. The molecule has 0 aliphatic rings. The highest BCUT2D eigenvalue weighted by Crippen LogP contribution is 2.12. The molecule has 0 bridgehead atoms. The van der Waals surface area contributed by atoms with Crippen LogP contribution in [0.3, 0.4) is 0 Å². The monoisotopic (exact) mass is 330 g/mol. The Morgan fingerprint density at radius 3 is 3.00 bits per heavy atom. The maximum Gasteiger partial charge on any atom is 0.264 e. The van der Waals surface area contributed by atoms with E-state index in [0.717, 1.165) is 18.5 Å².